The second-order valence-electron chi connectivity index (χ2n) is 5.05. The first kappa shape index (κ1) is 13.8. The topological polar surface area (TPSA) is 55.1 Å². The number of benzene rings is 1. The predicted octanol–water partition coefficient (Wildman–Crippen LogP) is 2.60. The van der Waals surface area contributed by atoms with Crippen LogP contribution in [0.4, 0.5) is 0 Å². The fourth-order valence-electron chi connectivity index (χ4n) is 2.27. The van der Waals surface area contributed by atoms with Gasteiger partial charge in [-0.1, -0.05) is 6.07 Å². The zero-order valence-corrected chi connectivity index (χ0v) is 12.7. The maximum Gasteiger partial charge on any atom is 0.251 e. The van der Waals surface area contributed by atoms with Crippen LogP contribution in [0.3, 0.4) is 0 Å². The molecular weight excluding hydrogens is 339 g/mol. The third-order valence-electron chi connectivity index (χ3n) is 3.54. The zero-order valence-electron chi connectivity index (χ0n) is 10.6. The Morgan fingerprint density at radius 1 is 1.33 bits per heavy atom. The lowest BCUT2D eigenvalue weighted by Gasteiger charge is -2.26. The fraction of sp³-hybridized carbons (Fsp3) is 0.500. The zero-order chi connectivity index (χ0) is 13.1. The number of carbonyl (C=O) groups is 1. The van der Waals surface area contributed by atoms with E-state index in [4.69, 9.17) is 5.73 Å². The van der Waals surface area contributed by atoms with Gasteiger partial charge in [0.2, 0.25) is 0 Å². The third kappa shape index (κ3) is 3.45. The smallest absolute Gasteiger partial charge is 0.251 e. The molecule has 1 amide bonds. The van der Waals surface area contributed by atoms with Crippen molar-refractivity contribution in [1.82, 2.24) is 5.32 Å². The van der Waals surface area contributed by atoms with E-state index in [-0.39, 0.29) is 11.9 Å². The average Bonchev–Trinajstić information content (AvgIpc) is 2.35. The number of nitrogens with two attached hydrogens (primary N) is 1. The van der Waals surface area contributed by atoms with Gasteiger partial charge in [0, 0.05) is 21.2 Å². The molecule has 1 aromatic rings. The lowest BCUT2D eigenvalue weighted by Crippen LogP contribution is -2.40. The van der Waals surface area contributed by atoms with E-state index >= 15 is 0 Å². The van der Waals surface area contributed by atoms with Gasteiger partial charge in [-0.2, -0.15) is 0 Å². The molecule has 18 heavy (non-hydrogen) atoms. The second-order valence-corrected chi connectivity index (χ2v) is 6.21. The summed E-state index contributed by atoms with van der Waals surface area (Å²) in [5.74, 6) is 0.0355. The summed E-state index contributed by atoms with van der Waals surface area (Å²) in [4.78, 5) is 12.1. The highest BCUT2D eigenvalue weighted by atomic mass is 127. The Morgan fingerprint density at radius 2 is 2.00 bits per heavy atom. The first-order valence-corrected chi connectivity index (χ1v) is 7.46. The number of carbonyl (C=O) groups excluding carboxylic acids is 1. The average molecular weight is 358 g/mol. The molecule has 0 unspecified atom stereocenters. The summed E-state index contributed by atoms with van der Waals surface area (Å²) in [6, 6.07) is 6.43. The van der Waals surface area contributed by atoms with Crippen molar-refractivity contribution in [3.05, 3.63) is 32.9 Å². The molecule has 98 valence electrons. The molecule has 0 aliphatic heterocycles. The lowest BCUT2D eigenvalue weighted by molar-refractivity contribution is 0.0926. The van der Waals surface area contributed by atoms with Crippen LogP contribution in [0.25, 0.3) is 0 Å². The number of aryl methyl sites for hydroxylation is 1. The summed E-state index contributed by atoms with van der Waals surface area (Å²) in [7, 11) is 0. The monoisotopic (exact) mass is 358 g/mol. The van der Waals surface area contributed by atoms with Crippen LogP contribution in [0.2, 0.25) is 0 Å². The quantitative estimate of drug-likeness (QED) is 0.799. The number of amides is 1. The standard InChI is InChI=1S/C14H19IN2O/c1-9-2-3-10(8-13(9)15)14(18)17-12-6-4-11(16)5-7-12/h2-3,8,11-12H,4-7,16H2,1H3,(H,17,18). The number of hydrogen-bond donors (Lipinski definition) is 2. The minimum Gasteiger partial charge on any atom is -0.349 e. The van der Waals surface area contributed by atoms with Gasteiger partial charge in [0.05, 0.1) is 0 Å². The Labute approximate surface area is 122 Å². The molecule has 0 spiro atoms. The van der Waals surface area contributed by atoms with Crippen LogP contribution >= 0.6 is 22.6 Å². The SMILES string of the molecule is Cc1ccc(C(=O)NC2CCC(N)CC2)cc1I. The van der Waals surface area contributed by atoms with E-state index in [0.717, 1.165) is 34.8 Å². The summed E-state index contributed by atoms with van der Waals surface area (Å²) >= 11 is 2.26. The van der Waals surface area contributed by atoms with Gasteiger partial charge in [-0.25, -0.2) is 0 Å². The molecule has 0 heterocycles. The lowest BCUT2D eigenvalue weighted by atomic mass is 9.91. The van der Waals surface area contributed by atoms with E-state index in [9.17, 15) is 4.79 Å². The molecule has 4 heteroatoms. The summed E-state index contributed by atoms with van der Waals surface area (Å²) in [6.45, 7) is 2.05. The molecule has 0 bridgehead atoms. The predicted molar refractivity (Wildman–Crippen MR) is 81.6 cm³/mol. The molecule has 1 aliphatic carbocycles. The molecule has 3 N–H and O–H groups in total. The van der Waals surface area contributed by atoms with E-state index in [0.29, 0.717) is 6.04 Å². The number of nitrogens with one attached hydrogen (secondary N) is 1. The van der Waals surface area contributed by atoms with Gasteiger partial charge in [0.1, 0.15) is 0 Å². The summed E-state index contributed by atoms with van der Waals surface area (Å²) < 4.78 is 1.13. The van der Waals surface area contributed by atoms with Crippen LogP contribution in [-0.2, 0) is 0 Å². The Bertz CT molecular complexity index is 439. The van der Waals surface area contributed by atoms with E-state index in [1.165, 1.54) is 5.56 Å². The first-order chi connectivity index (χ1) is 8.56. The van der Waals surface area contributed by atoms with Crippen LogP contribution < -0.4 is 11.1 Å². The van der Waals surface area contributed by atoms with Gasteiger partial charge < -0.3 is 11.1 Å². The molecule has 1 fully saturated rings. The van der Waals surface area contributed by atoms with Gasteiger partial charge in [-0.15, -0.1) is 0 Å². The Hall–Kier alpha value is -0.620. The molecule has 3 nitrogen and oxygen atoms in total. The van der Waals surface area contributed by atoms with Crippen LogP contribution in [-0.4, -0.2) is 18.0 Å². The van der Waals surface area contributed by atoms with Gasteiger partial charge in [0.15, 0.2) is 0 Å². The van der Waals surface area contributed by atoms with Gasteiger partial charge >= 0.3 is 0 Å². The normalized spacial score (nSPS) is 23.7. The minimum atomic E-state index is 0.0355. The molecular formula is C14H19IN2O. The summed E-state index contributed by atoms with van der Waals surface area (Å²) in [6.07, 6.45) is 4.01. The number of hydrogen-bond acceptors (Lipinski definition) is 2. The molecule has 0 radical (unpaired) electrons. The fourth-order valence-corrected chi connectivity index (χ4v) is 2.78. The summed E-state index contributed by atoms with van der Waals surface area (Å²) in [5, 5.41) is 3.10. The highest BCUT2D eigenvalue weighted by Gasteiger charge is 2.20. The molecule has 2 rings (SSSR count). The molecule has 1 saturated carbocycles. The van der Waals surface area contributed by atoms with Gasteiger partial charge in [0.25, 0.3) is 5.91 Å². The number of rotatable bonds is 2. The van der Waals surface area contributed by atoms with Crippen LogP contribution in [0.5, 0.6) is 0 Å². The van der Waals surface area contributed by atoms with Crippen molar-refractivity contribution in [2.45, 2.75) is 44.7 Å². The third-order valence-corrected chi connectivity index (χ3v) is 4.70. The molecule has 1 aromatic carbocycles. The highest BCUT2D eigenvalue weighted by Crippen LogP contribution is 2.18. The van der Waals surface area contributed by atoms with Crippen LogP contribution in [0.15, 0.2) is 18.2 Å². The van der Waals surface area contributed by atoms with Crippen molar-refractivity contribution in [2.24, 2.45) is 5.73 Å². The minimum absolute atomic E-state index is 0.0355. The number of halogens is 1. The van der Waals surface area contributed by atoms with Gasteiger partial charge in [-0.05, 0) is 72.9 Å². The second kappa shape index (κ2) is 6.02. The molecule has 0 saturated heterocycles. The van der Waals surface area contributed by atoms with E-state index < -0.39 is 0 Å². The highest BCUT2D eigenvalue weighted by molar-refractivity contribution is 14.1. The first-order valence-electron chi connectivity index (χ1n) is 6.39. The maximum atomic E-state index is 12.1. The van der Waals surface area contributed by atoms with Gasteiger partial charge in [-0.3, -0.25) is 4.79 Å². The molecule has 0 atom stereocenters. The van der Waals surface area contributed by atoms with E-state index in [2.05, 4.69) is 27.9 Å². The van der Waals surface area contributed by atoms with Crippen molar-refractivity contribution in [1.29, 1.82) is 0 Å². The van der Waals surface area contributed by atoms with Crippen molar-refractivity contribution in [2.75, 3.05) is 0 Å². The van der Waals surface area contributed by atoms with E-state index in [1.54, 1.807) is 0 Å². The molecule has 0 aromatic heterocycles. The van der Waals surface area contributed by atoms with E-state index in [1.807, 2.05) is 25.1 Å². The van der Waals surface area contributed by atoms with Crippen molar-refractivity contribution in [3.8, 4) is 0 Å². The Balaban J connectivity index is 1.97. The molecule has 1 aliphatic rings. The van der Waals surface area contributed by atoms with Crippen molar-refractivity contribution >= 4 is 28.5 Å². The van der Waals surface area contributed by atoms with Crippen LogP contribution in [0, 0.1) is 10.5 Å². The summed E-state index contributed by atoms with van der Waals surface area (Å²) in [5.41, 5.74) is 7.82. The Kier molecular flexibility index (Phi) is 4.61. The van der Waals surface area contributed by atoms with Crippen molar-refractivity contribution < 1.29 is 4.79 Å². The Morgan fingerprint density at radius 3 is 2.61 bits per heavy atom. The largest absolute Gasteiger partial charge is 0.349 e. The van der Waals surface area contributed by atoms with Crippen LogP contribution in [0.1, 0.15) is 41.6 Å². The van der Waals surface area contributed by atoms with Crippen molar-refractivity contribution in [3.63, 3.8) is 0 Å². The maximum absolute atomic E-state index is 12.1.